The fourth-order valence-electron chi connectivity index (χ4n) is 1.14. The number of primary amides is 1. The summed E-state index contributed by atoms with van der Waals surface area (Å²) in [7, 11) is 0. The van der Waals surface area contributed by atoms with Gasteiger partial charge in [0.1, 0.15) is 11.5 Å². The molecule has 1 heterocycles. The van der Waals surface area contributed by atoms with Crippen LogP contribution in [-0.2, 0) is 4.79 Å². The van der Waals surface area contributed by atoms with E-state index in [9.17, 15) is 9.59 Å². The summed E-state index contributed by atoms with van der Waals surface area (Å²) >= 11 is 0. The second-order valence-electron chi connectivity index (χ2n) is 3.37. The number of rotatable bonds is 4. The number of nitrogens with two attached hydrogens (primary N) is 2. The van der Waals surface area contributed by atoms with E-state index in [1.54, 1.807) is 6.92 Å². The highest BCUT2D eigenvalue weighted by molar-refractivity contribution is 5.92. The smallest absolute Gasteiger partial charge is 0.271 e. The molecule has 16 heavy (non-hydrogen) atoms. The Morgan fingerprint density at radius 2 is 2.19 bits per heavy atom. The van der Waals surface area contributed by atoms with Crippen molar-refractivity contribution in [3.63, 3.8) is 0 Å². The van der Waals surface area contributed by atoms with Gasteiger partial charge < -0.3 is 16.8 Å². The van der Waals surface area contributed by atoms with Crippen LogP contribution in [-0.4, -0.2) is 27.8 Å². The minimum atomic E-state index is -0.480. The lowest BCUT2D eigenvalue weighted by molar-refractivity contribution is -0.118. The van der Waals surface area contributed by atoms with E-state index in [1.165, 1.54) is 12.4 Å². The maximum atomic E-state index is 11.6. The third kappa shape index (κ3) is 3.52. The first-order chi connectivity index (χ1) is 7.49. The molecular weight excluding hydrogens is 210 g/mol. The van der Waals surface area contributed by atoms with Crippen molar-refractivity contribution in [1.29, 1.82) is 0 Å². The van der Waals surface area contributed by atoms with E-state index in [0.29, 0.717) is 0 Å². The van der Waals surface area contributed by atoms with Gasteiger partial charge in [-0.05, 0) is 6.92 Å². The number of nitrogens with zero attached hydrogens (tertiary/aromatic N) is 2. The molecule has 0 saturated heterocycles. The van der Waals surface area contributed by atoms with Gasteiger partial charge in [-0.3, -0.25) is 14.6 Å². The number of hydrogen-bond acceptors (Lipinski definition) is 5. The summed E-state index contributed by atoms with van der Waals surface area (Å²) in [6, 6.07) is -0.353. The molecule has 0 fully saturated rings. The van der Waals surface area contributed by atoms with E-state index < -0.39 is 11.8 Å². The molecule has 0 radical (unpaired) electrons. The summed E-state index contributed by atoms with van der Waals surface area (Å²) in [6.45, 7) is 1.67. The van der Waals surface area contributed by atoms with Gasteiger partial charge in [-0.2, -0.15) is 0 Å². The number of nitrogens with one attached hydrogen (secondary N) is 1. The van der Waals surface area contributed by atoms with Crippen molar-refractivity contribution in [3.8, 4) is 0 Å². The number of carbonyl (C=O) groups is 2. The molecule has 7 heteroatoms. The molecule has 1 aromatic heterocycles. The fourth-order valence-corrected chi connectivity index (χ4v) is 1.14. The van der Waals surface area contributed by atoms with Gasteiger partial charge >= 0.3 is 0 Å². The zero-order chi connectivity index (χ0) is 12.1. The quantitative estimate of drug-likeness (QED) is 0.607. The number of hydrogen-bond donors (Lipinski definition) is 3. The van der Waals surface area contributed by atoms with Crippen LogP contribution in [0.2, 0.25) is 0 Å². The summed E-state index contributed by atoms with van der Waals surface area (Å²) in [4.78, 5) is 29.7. The maximum absolute atomic E-state index is 11.6. The van der Waals surface area contributed by atoms with Crippen molar-refractivity contribution < 1.29 is 9.59 Å². The van der Waals surface area contributed by atoms with Crippen LogP contribution in [0.15, 0.2) is 12.4 Å². The third-order valence-electron chi connectivity index (χ3n) is 1.77. The van der Waals surface area contributed by atoms with E-state index in [2.05, 4.69) is 15.3 Å². The van der Waals surface area contributed by atoms with Crippen LogP contribution in [0.25, 0.3) is 0 Å². The molecule has 0 aliphatic heterocycles. The SMILES string of the molecule is CC(CC(N)=O)NC(=O)c1cncc(N)n1. The molecule has 86 valence electrons. The minimum Gasteiger partial charge on any atom is -0.382 e. The second kappa shape index (κ2) is 5.06. The summed E-state index contributed by atoms with van der Waals surface area (Å²) in [5, 5.41) is 2.56. The van der Waals surface area contributed by atoms with Crippen LogP contribution in [0, 0.1) is 0 Å². The average molecular weight is 223 g/mol. The number of amides is 2. The van der Waals surface area contributed by atoms with Crippen molar-refractivity contribution in [2.45, 2.75) is 19.4 Å². The van der Waals surface area contributed by atoms with Crippen molar-refractivity contribution in [2.24, 2.45) is 5.73 Å². The van der Waals surface area contributed by atoms with E-state index in [1.807, 2.05) is 0 Å². The Kier molecular flexibility index (Phi) is 3.76. The predicted molar refractivity (Wildman–Crippen MR) is 57.2 cm³/mol. The van der Waals surface area contributed by atoms with Crippen molar-refractivity contribution >= 4 is 17.6 Å². The van der Waals surface area contributed by atoms with E-state index >= 15 is 0 Å². The molecule has 0 aromatic carbocycles. The number of carbonyl (C=O) groups excluding carboxylic acids is 2. The van der Waals surface area contributed by atoms with Gasteiger partial charge in [-0.1, -0.05) is 0 Å². The fraction of sp³-hybridized carbons (Fsp3) is 0.333. The summed E-state index contributed by atoms with van der Waals surface area (Å²) in [6.07, 6.45) is 2.70. The first-order valence-corrected chi connectivity index (χ1v) is 4.65. The van der Waals surface area contributed by atoms with Gasteiger partial charge in [0.2, 0.25) is 5.91 Å². The van der Waals surface area contributed by atoms with E-state index in [4.69, 9.17) is 11.5 Å². The standard InChI is InChI=1S/C9H13N5O2/c1-5(2-8(11)15)13-9(16)6-3-12-4-7(10)14-6/h3-5H,2H2,1H3,(H2,10,14)(H2,11,15)(H,13,16). The normalized spacial score (nSPS) is 11.8. The van der Waals surface area contributed by atoms with Crippen LogP contribution in [0.1, 0.15) is 23.8 Å². The Morgan fingerprint density at radius 1 is 1.50 bits per heavy atom. The average Bonchev–Trinajstić information content (AvgIpc) is 2.16. The third-order valence-corrected chi connectivity index (χ3v) is 1.77. The summed E-state index contributed by atoms with van der Waals surface area (Å²) in [5.41, 5.74) is 10.5. The van der Waals surface area contributed by atoms with Crippen LogP contribution in [0.5, 0.6) is 0 Å². The zero-order valence-electron chi connectivity index (χ0n) is 8.80. The molecule has 7 nitrogen and oxygen atoms in total. The Balaban J connectivity index is 2.62. The van der Waals surface area contributed by atoms with Gasteiger partial charge in [0, 0.05) is 12.5 Å². The predicted octanol–water partition coefficient (Wildman–Crippen LogP) is -0.947. The van der Waals surface area contributed by atoms with Gasteiger partial charge in [0.25, 0.3) is 5.91 Å². The maximum Gasteiger partial charge on any atom is 0.271 e. The lowest BCUT2D eigenvalue weighted by Crippen LogP contribution is -2.36. The molecule has 2 amide bonds. The molecule has 0 saturated carbocycles. The lowest BCUT2D eigenvalue weighted by Gasteiger charge is -2.11. The van der Waals surface area contributed by atoms with Gasteiger partial charge in [-0.25, -0.2) is 4.98 Å². The molecule has 5 N–H and O–H groups in total. The van der Waals surface area contributed by atoms with E-state index in [0.717, 1.165) is 0 Å². The van der Waals surface area contributed by atoms with Crippen molar-refractivity contribution in [2.75, 3.05) is 5.73 Å². The topological polar surface area (TPSA) is 124 Å². The molecule has 1 atom stereocenters. The zero-order valence-corrected chi connectivity index (χ0v) is 8.80. The largest absolute Gasteiger partial charge is 0.382 e. The van der Waals surface area contributed by atoms with Crippen molar-refractivity contribution in [1.82, 2.24) is 15.3 Å². The molecule has 0 aliphatic carbocycles. The molecule has 1 aromatic rings. The Hall–Kier alpha value is -2.18. The van der Waals surface area contributed by atoms with Crippen LogP contribution in [0.4, 0.5) is 5.82 Å². The Morgan fingerprint density at radius 3 is 2.75 bits per heavy atom. The highest BCUT2D eigenvalue weighted by atomic mass is 16.2. The van der Waals surface area contributed by atoms with Gasteiger partial charge in [-0.15, -0.1) is 0 Å². The Bertz CT molecular complexity index is 407. The molecular formula is C9H13N5O2. The van der Waals surface area contributed by atoms with Crippen molar-refractivity contribution in [3.05, 3.63) is 18.1 Å². The molecule has 0 spiro atoms. The molecule has 0 aliphatic rings. The number of anilines is 1. The molecule has 1 rings (SSSR count). The summed E-state index contributed by atoms with van der Waals surface area (Å²) in [5.74, 6) is -0.754. The van der Waals surface area contributed by atoms with Crippen LogP contribution >= 0.6 is 0 Å². The van der Waals surface area contributed by atoms with Crippen LogP contribution < -0.4 is 16.8 Å². The van der Waals surface area contributed by atoms with E-state index in [-0.39, 0.29) is 24.0 Å². The minimum absolute atomic E-state index is 0.0709. The Labute approximate surface area is 92.2 Å². The molecule has 0 bridgehead atoms. The second-order valence-corrected chi connectivity index (χ2v) is 3.37. The van der Waals surface area contributed by atoms with Crippen LogP contribution in [0.3, 0.4) is 0 Å². The summed E-state index contributed by atoms with van der Waals surface area (Å²) < 4.78 is 0. The highest BCUT2D eigenvalue weighted by Gasteiger charge is 2.13. The highest BCUT2D eigenvalue weighted by Crippen LogP contribution is 1.98. The van der Waals surface area contributed by atoms with Gasteiger partial charge in [0.15, 0.2) is 0 Å². The molecule has 1 unspecified atom stereocenters. The monoisotopic (exact) mass is 223 g/mol. The lowest BCUT2D eigenvalue weighted by atomic mass is 10.2. The number of nitrogen functional groups attached to an aromatic ring is 1. The van der Waals surface area contributed by atoms with Gasteiger partial charge in [0.05, 0.1) is 12.4 Å². The first-order valence-electron chi connectivity index (χ1n) is 4.65. The number of aromatic nitrogens is 2. The first kappa shape index (κ1) is 11.9.